The van der Waals surface area contributed by atoms with Crippen molar-refractivity contribution >= 4 is 17.5 Å². The molecule has 1 N–H and O–H groups in total. The Labute approximate surface area is 130 Å². The Hall–Kier alpha value is -1.81. The molecule has 5 heteroatoms. The van der Waals surface area contributed by atoms with E-state index in [0.29, 0.717) is 24.3 Å². The van der Waals surface area contributed by atoms with Crippen LogP contribution in [0, 0.1) is 0 Å². The Bertz CT molecular complexity index is 564. The van der Waals surface area contributed by atoms with E-state index in [1.54, 1.807) is 12.3 Å². The molecular weight excluding hydrogens is 286 g/mol. The van der Waals surface area contributed by atoms with Gasteiger partial charge >= 0.3 is 0 Å². The molecular formula is C16H20ClN3O. The third-order valence-electron chi connectivity index (χ3n) is 3.15. The molecule has 0 fully saturated rings. The molecule has 0 bridgehead atoms. The Balaban J connectivity index is 2.18. The quantitative estimate of drug-likeness (QED) is 0.790. The predicted octanol–water partition coefficient (Wildman–Crippen LogP) is 3.83. The molecule has 1 atom stereocenters. The number of nitrogens with zero attached hydrogens (tertiary/aromatic N) is 2. The van der Waals surface area contributed by atoms with Crippen LogP contribution in [-0.2, 0) is 5.54 Å². The molecule has 0 radical (unpaired) electrons. The minimum atomic E-state index is -0.438. The van der Waals surface area contributed by atoms with Crippen molar-refractivity contribution in [2.75, 3.05) is 17.8 Å². The van der Waals surface area contributed by atoms with Crippen LogP contribution in [0.3, 0.4) is 0 Å². The number of nitrogens with one attached hydrogen (secondary N) is 1. The highest BCUT2D eigenvalue weighted by Crippen LogP contribution is 2.26. The molecule has 1 unspecified atom stereocenters. The van der Waals surface area contributed by atoms with E-state index in [2.05, 4.69) is 22.2 Å². The van der Waals surface area contributed by atoms with E-state index in [4.69, 9.17) is 16.3 Å². The fourth-order valence-electron chi connectivity index (χ4n) is 1.92. The summed E-state index contributed by atoms with van der Waals surface area (Å²) in [7, 11) is 0. The van der Waals surface area contributed by atoms with E-state index < -0.39 is 5.54 Å². The second kappa shape index (κ2) is 7.27. The van der Waals surface area contributed by atoms with Gasteiger partial charge in [-0.15, -0.1) is 11.6 Å². The molecule has 4 nitrogen and oxygen atoms in total. The van der Waals surface area contributed by atoms with Crippen molar-refractivity contribution in [1.29, 1.82) is 0 Å². The van der Waals surface area contributed by atoms with E-state index in [0.717, 1.165) is 12.0 Å². The van der Waals surface area contributed by atoms with Gasteiger partial charge in [-0.2, -0.15) is 4.98 Å². The van der Waals surface area contributed by atoms with Crippen LogP contribution < -0.4 is 10.1 Å². The first-order valence-corrected chi connectivity index (χ1v) is 7.57. The van der Waals surface area contributed by atoms with Gasteiger partial charge in [-0.25, -0.2) is 4.98 Å². The number of halogens is 1. The number of aromatic nitrogens is 2. The van der Waals surface area contributed by atoms with E-state index in [-0.39, 0.29) is 0 Å². The number of rotatable bonds is 7. The van der Waals surface area contributed by atoms with Crippen molar-refractivity contribution in [3.8, 4) is 5.88 Å². The standard InChI is InChI=1S/C16H20ClN3O/c1-3-11-21-14-9-10-18-15(19-14)20-16(2,12-17)13-7-5-4-6-8-13/h4-10H,3,11-12H2,1-2H3,(H,18,19,20). The van der Waals surface area contributed by atoms with E-state index in [1.165, 1.54) is 0 Å². The topological polar surface area (TPSA) is 47.0 Å². The fraction of sp³-hybridized carbons (Fsp3) is 0.375. The maximum absolute atomic E-state index is 6.17. The molecule has 0 saturated carbocycles. The lowest BCUT2D eigenvalue weighted by atomic mass is 9.94. The van der Waals surface area contributed by atoms with Crippen molar-refractivity contribution in [1.82, 2.24) is 9.97 Å². The lowest BCUT2D eigenvalue weighted by Gasteiger charge is -2.29. The second-order valence-electron chi connectivity index (χ2n) is 5.02. The molecule has 0 spiro atoms. The SMILES string of the molecule is CCCOc1ccnc(NC(C)(CCl)c2ccccc2)n1. The lowest BCUT2D eigenvalue weighted by Crippen LogP contribution is -2.34. The van der Waals surface area contributed by atoms with Crippen molar-refractivity contribution in [3.05, 3.63) is 48.2 Å². The van der Waals surface area contributed by atoms with Crippen molar-refractivity contribution in [2.45, 2.75) is 25.8 Å². The summed E-state index contributed by atoms with van der Waals surface area (Å²) in [5, 5.41) is 3.30. The molecule has 0 aliphatic carbocycles. The monoisotopic (exact) mass is 305 g/mol. The highest BCUT2D eigenvalue weighted by molar-refractivity contribution is 6.18. The van der Waals surface area contributed by atoms with Crippen molar-refractivity contribution in [2.24, 2.45) is 0 Å². The van der Waals surface area contributed by atoms with Crippen LogP contribution in [0.1, 0.15) is 25.8 Å². The Morgan fingerprint density at radius 1 is 1.24 bits per heavy atom. The number of benzene rings is 1. The number of alkyl halides is 1. The van der Waals surface area contributed by atoms with Crippen LogP contribution in [-0.4, -0.2) is 22.5 Å². The average molecular weight is 306 g/mol. The van der Waals surface area contributed by atoms with Gasteiger partial charge in [-0.05, 0) is 18.9 Å². The van der Waals surface area contributed by atoms with Gasteiger partial charge in [0.2, 0.25) is 11.8 Å². The summed E-state index contributed by atoms with van der Waals surface area (Å²) in [6.45, 7) is 4.72. The van der Waals surface area contributed by atoms with Gasteiger partial charge in [0.25, 0.3) is 0 Å². The first-order chi connectivity index (χ1) is 10.2. The Kier molecular flexibility index (Phi) is 5.39. The first-order valence-electron chi connectivity index (χ1n) is 7.03. The van der Waals surface area contributed by atoms with Crippen LogP contribution in [0.4, 0.5) is 5.95 Å². The molecule has 1 aromatic heterocycles. The van der Waals surface area contributed by atoms with Gasteiger partial charge < -0.3 is 10.1 Å². The first kappa shape index (κ1) is 15.6. The molecule has 0 aliphatic heterocycles. The molecule has 0 aliphatic rings. The largest absolute Gasteiger partial charge is 0.478 e. The van der Waals surface area contributed by atoms with E-state index in [9.17, 15) is 0 Å². The molecule has 0 amide bonds. The molecule has 21 heavy (non-hydrogen) atoms. The van der Waals surface area contributed by atoms with Crippen LogP contribution >= 0.6 is 11.6 Å². The highest BCUT2D eigenvalue weighted by Gasteiger charge is 2.26. The van der Waals surface area contributed by atoms with E-state index in [1.807, 2.05) is 37.3 Å². The van der Waals surface area contributed by atoms with Gasteiger partial charge in [-0.1, -0.05) is 37.3 Å². The summed E-state index contributed by atoms with van der Waals surface area (Å²) < 4.78 is 5.53. The second-order valence-corrected chi connectivity index (χ2v) is 5.29. The maximum Gasteiger partial charge on any atom is 0.226 e. The summed E-state index contributed by atoms with van der Waals surface area (Å²) >= 11 is 6.17. The summed E-state index contributed by atoms with van der Waals surface area (Å²) in [6.07, 6.45) is 2.62. The van der Waals surface area contributed by atoms with Gasteiger partial charge in [0.1, 0.15) is 0 Å². The van der Waals surface area contributed by atoms with E-state index >= 15 is 0 Å². The molecule has 1 heterocycles. The lowest BCUT2D eigenvalue weighted by molar-refractivity contribution is 0.305. The normalized spacial score (nSPS) is 13.5. The average Bonchev–Trinajstić information content (AvgIpc) is 2.54. The highest BCUT2D eigenvalue weighted by atomic mass is 35.5. The summed E-state index contributed by atoms with van der Waals surface area (Å²) in [5.41, 5.74) is 0.648. The number of hydrogen-bond acceptors (Lipinski definition) is 4. The predicted molar refractivity (Wildman–Crippen MR) is 86.0 cm³/mol. The fourth-order valence-corrected chi connectivity index (χ4v) is 2.15. The molecule has 0 saturated heterocycles. The van der Waals surface area contributed by atoms with Crippen LogP contribution in [0.5, 0.6) is 5.88 Å². The zero-order valence-electron chi connectivity index (χ0n) is 12.3. The van der Waals surface area contributed by atoms with Crippen molar-refractivity contribution < 1.29 is 4.74 Å². The summed E-state index contributed by atoms with van der Waals surface area (Å²) in [5.74, 6) is 1.48. The molecule has 112 valence electrons. The van der Waals surface area contributed by atoms with Gasteiger partial charge in [-0.3, -0.25) is 0 Å². The van der Waals surface area contributed by atoms with Crippen LogP contribution in [0.2, 0.25) is 0 Å². The number of hydrogen-bond donors (Lipinski definition) is 1. The minimum Gasteiger partial charge on any atom is -0.478 e. The molecule has 2 rings (SSSR count). The zero-order valence-corrected chi connectivity index (χ0v) is 13.1. The smallest absolute Gasteiger partial charge is 0.226 e. The number of anilines is 1. The summed E-state index contributed by atoms with van der Waals surface area (Å²) in [4.78, 5) is 8.61. The summed E-state index contributed by atoms with van der Waals surface area (Å²) in [6, 6.07) is 11.8. The van der Waals surface area contributed by atoms with Crippen molar-refractivity contribution in [3.63, 3.8) is 0 Å². The number of ether oxygens (including phenoxy) is 1. The third-order valence-corrected chi connectivity index (χ3v) is 3.68. The van der Waals surface area contributed by atoms with Gasteiger partial charge in [0.05, 0.1) is 12.1 Å². The van der Waals surface area contributed by atoms with Crippen LogP contribution in [0.25, 0.3) is 0 Å². The molecule has 1 aromatic carbocycles. The zero-order chi connectivity index (χ0) is 15.1. The Morgan fingerprint density at radius 2 is 2.00 bits per heavy atom. The van der Waals surface area contributed by atoms with Gasteiger partial charge in [0, 0.05) is 18.1 Å². The van der Waals surface area contributed by atoms with Gasteiger partial charge in [0.15, 0.2) is 0 Å². The maximum atomic E-state index is 6.17. The Morgan fingerprint density at radius 3 is 2.67 bits per heavy atom. The minimum absolute atomic E-state index is 0.403. The van der Waals surface area contributed by atoms with Crippen LogP contribution in [0.15, 0.2) is 42.6 Å². The third kappa shape index (κ3) is 4.08. The molecule has 2 aromatic rings.